The Bertz CT molecular complexity index is 478. The van der Waals surface area contributed by atoms with E-state index in [1.165, 1.54) is 44.1 Å². The monoisotopic (exact) mass is 273 g/mol. The number of nitrogens with two attached hydrogens (primary N) is 1. The van der Waals surface area contributed by atoms with E-state index in [1.807, 2.05) is 18.2 Å². The van der Waals surface area contributed by atoms with Crippen LogP contribution in [0.5, 0.6) is 5.75 Å². The number of para-hydroxylation sites is 1. The van der Waals surface area contributed by atoms with Gasteiger partial charge in [-0.3, -0.25) is 4.99 Å². The minimum absolute atomic E-state index is 0.152. The molecule has 4 heteroatoms. The van der Waals surface area contributed by atoms with E-state index < -0.39 is 0 Å². The van der Waals surface area contributed by atoms with Crippen LogP contribution in [0.25, 0.3) is 0 Å². The molecule has 1 fully saturated rings. The fourth-order valence-electron chi connectivity index (χ4n) is 3.20. The van der Waals surface area contributed by atoms with Gasteiger partial charge in [0.25, 0.3) is 0 Å². The molecular formula is C16H23N3O. The first-order valence-electron chi connectivity index (χ1n) is 7.64. The lowest BCUT2D eigenvalue weighted by Gasteiger charge is -2.16. The molecule has 0 amide bonds. The topological polar surface area (TPSA) is 59.6 Å². The molecule has 2 aliphatic rings. The Morgan fingerprint density at radius 2 is 1.90 bits per heavy atom. The van der Waals surface area contributed by atoms with E-state index in [2.05, 4.69) is 11.5 Å². The van der Waals surface area contributed by atoms with E-state index in [-0.39, 0.29) is 5.92 Å². The number of hydrogen-bond acceptors (Lipinski definition) is 3. The molecule has 4 nitrogen and oxygen atoms in total. The van der Waals surface area contributed by atoms with Gasteiger partial charge in [-0.05, 0) is 18.9 Å². The molecule has 1 aromatic rings. The number of hydrazine groups is 1. The van der Waals surface area contributed by atoms with Crippen LogP contribution in [0.1, 0.15) is 50.0 Å². The largest absolute Gasteiger partial charge is 0.492 e. The van der Waals surface area contributed by atoms with Gasteiger partial charge in [-0.25, -0.2) is 5.84 Å². The van der Waals surface area contributed by atoms with Crippen molar-refractivity contribution in [2.24, 2.45) is 10.8 Å². The summed E-state index contributed by atoms with van der Waals surface area (Å²) in [5, 5.41) is 0. The molecule has 1 unspecified atom stereocenters. The molecule has 3 N–H and O–H groups in total. The van der Waals surface area contributed by atoms with E-state index in [1.54, 1.807) is 0 Å². The van der Waals surface area contributed by atoms with Crippen molar-refractivity contribution in [1.29, 1.82) is 0 Å². The molecule has 3 rings (SSSR count). The van der Waals surface area contributed by atoms with Crippen LogP contribution in [0.15, 0.2) is 29.3 Å². The van der Waals surface area contributed by atoms with Crippen molar-refractivity contribution in [3.05, 3.63) is 29.8 Å². The zero-order valence-electron chi connectivity index (χ0n) is 11.8. The number of ether oxygens (including phenoxy) is 1. The Kier molecular flexibility index (Phi) is 4.21. The van der Waals surface area contributed by atoms with Crippen molar-refractivity contribution in [2.45, 2.75) is 50.5 Å². The summed E-state index contributed by atoms with van der Waals surface area (Å²) in [4.78, 5) is 4.90. The van der Waals surface area contributed by atoms with E-state index in [0.717, 1.165) is 11.6 Å². The summed E-state index contributed by atoms with van der Waals surface area (Å²) in [6.45, 7) is 0.634. The Hall–Kier alpha value is -1.55. The molecule has 1 saturated carbocycles. The second-order valence-electron chi connectivity index (χ2n) is 5.71. The summed E-state index contributed by atoms with van der Waals surface area (Å²) in [7, 11) is 0. The van der Waals surface area contributed by atoms with Gasteiger partial charge in [-0.2, -0.15) is 0 Å². The van der Waals surface area contributed by atoms with E-state index in [9.17, 15) is 0 Å². The van der Waals surface area contributed by atoms with Crippen LogP contribution in [-0.4, -0.2) is 18.5 Å². The van der Waals surface area contributed by atoms with Gasteiger partial charge in [0.15, 0.2) is 0 Å². The quantitative estimate of drug-likeness (QED) is 0.286. The summed E-state index contributed by atoms with van der Waals surface area (Å²) in [5.41, 5.74) is 4.02. The summed E-state index contributed by atoms with van der Waals surface area (Å²) in [6.07, 6.45) is 7.61. The Morgan fingerprint density at radius 3 is 2.65 bits per heavy atom. The van der Waals surface area contributed by atoms with Crippen molar-refractivity contribution in [2.75, 3.05) is 6.61 Å². The third-order valence-electron chi connectivity index (χ3n) is 4.32. The van der Waals surface area contributed by atoms with Crippen molar-refractivity contribution < 1.29 is 4.74 Å². The molecule has 1 atom stereocenters. The van der Waals surface area contributed by atoms with Gasteiger partial charge < -0.3 is 10.2 Å². The third-order valence-corrected chi connectivity index (χ3v) is 4.32. The van der Waals surface area contributed by atoms with Crippen LogP contribution in [0, 0.1) is 0 Å². The molecule has 0 spiro atoms. The predicted molar refractivity (Wildman–Crippen MR) is 80.9 cm³/mol. The van der Waals surface area contributed by atoms with Crippen molar-refractivity contribution in [1.82, 2.24) is 5.43 Å². The highest BCUT2D eigenvalue weighted by molar-refractivity contribution is 5.90. The van der Waals surface area contributed by atoms with Crippen molar-refractivity contribution in [3.63, 3.8) is 0 Å². The number of amidine groups is 1. The first kappa shape index (κ1) is 13.4. The number of aliphatic imine (C=N–C) groups is 1. The van der Waals surface area contributed by atoms with Gasteiger partial charge in [0.1, 0.15) is 18.2 Å². The molecule has 0 bridgehead atoms. The van der Waals surface area contributed by atoms with Gasteiger partial charge in [0.05, 0.1) is 12.0 Å². The Morgan fingerprint density at radius 1 is 1.15 bits per heavy atom. The number of nitrogens with zero attached hydrogens (tertiary/aromatic N) is 1. The van der Waals surface area contributed by atoms with Crippen molar-refractivity contribution in [3.8, 4) is 5.75 Å². The molecule has 0 radical (unpaired) electrons. The minimum atomic E-state index is 0.152. The van der Waals surface area contributed by atoms with Crippen molar-refractivity contribution >= 4 is 5.84 Å². The molecule has 1 aliphatic heterocycles. The maximum Gasteiger partial charge on any atom is 0.123 e. The summed E-state index contributed by atoms with van der Waals surface area (Å²) in [5.74, 6) is 7.72. The average molecular weight is 273 g/mol. The van der Waals surface area contributed by atoms with Crippen LogP contribution < -0.4 is 16.0 Å². The molecule has 20 heavy (non-hydrogen) atoms. The molecule has 1 aliphatic carbocycles. The highest BCUT2D eigenvalue weighted by atomic mass is 16.5. The van der Waals surface area contributed by atoms with Gasteiger partial charge in [0.2, 0.25) is 0 Å². The first-order chi connectivity index (χ1) is 9.88. The smallest absolute Gasteiger partial charge is 0.123 e. The summed E-state index contributed by atoms with van der Waals surface area (Å²) >= 11 is 0. The molecule has 1 heterocycles. The van der Waals surface area contributed by atoms with E-state index in [4.69, 9.17) is 15.6 Å². The zero-order valence-corrected chi connectivity index (χ0v) is 11.8. The number of hydrogen-bond donors (Lipinski definition) is 2. The second kappa shape index (κ2) is 6.27. The third kappa shape index (κ3) is 2.80. The number of benzene rings is 1. The number of fused-ring (bicyclic) bond motifs is 1. The molecule has 108 valence electrons. The fraction of sp³-hybridized carbons (Fsp3) is 0.562. The second-order valence-corrected chi connectivity index (χ2v) is 5.71. The SMILES string of the molecule is NNC(=NC1CCCCCC1)C1COc2ccccc21. The lowest BCUT2D eigenvalue weighted by atomic mass is 9.99. The standard InChI is InChI=1S/C16H23N3O/c17-19-16(18-12-7-3-1-2-4-8-12)14-11-20-15-10-6-5-9-13(14)15/h5-6,9-10,12,14H,1-4,7-8,11,17H2,(H,18,19). The number of rotatable bonds is 2. The normalized spacial score (nSPS) is 23.9. The zero-order chi connectivity index (χ0) is 13.8. The Labute approximate surface area is 120 Å². The van der Waals surface area contributed by atoms with Crippen LogP contribution >= 0.6 is 0 Å². The lowest BCUT2D eigenvalue weighted by Crippen LogP contribution is -2.37. The molecule has 0 aromatic heterocycles. The van der Waals surface area contributed by atoms with Gasteiger partial charge in [-0.1, -0.05) is 43.9 Å². The Balaban J connectivity index is 1.79. The van der Waals surface area contributed by atoms with Gasteiger partial charge in [-0.15, -0.1) is 0 Å². The predicted octanol–water partition coefficient (Wildman–Crippen LogP) is 2.75. The maximum absolute atomic E-state index is 5.73. The van der Waals surface area contributed by atoms with Crippen LogP contribution in [0.2, 0.25) is 0 Å². The highest BCUT2D eigenvalue weighted by Gasteiger charge is 2.28. The maximum atomic E-state index is 5.73. The highest BCUT2D eigenvalue weighted by Crippen LogP contribution is 2.34. The van der Waals surface area contributed by atoms with E-state index in [0.29, 0.717) is 12.6 Å². The summed E-state index contributed by atoms with van der Waals surface area (Å²) in [6, 6.07) is 8.57. The molecule has 0 saturated heterocycles. The average Bonchev–Trinajstić information content (AvgIpc) is 2.74. The first-order valence-corrected chi connectivity index (χ1v) is 7.64. The number of nitrogens with one attached hydrogen (secondary N) is 1. The van der Waals surface area contributed by atoms with Gasteiger partial charge in [0, 0.05) is 5.56 Å². The van der Waals surface area contributed by atoms with Crippen LogP contribution in [0.4, 0.5) is 0 Å². The molecule has 1 aromatic carbocycles. The summed E-state index contributed by atoms with van der Waals surface area (Å²) < 4.78 is 5.73. The fourth-order valence-corrected chi connectivity index (χ4v) is 3.20. The molecular weight excluding hydrogens is 250 g/mol. The minimum Gasteiger partial charge on any atom is -0.492 e. The van der Waals surface area contributed by atoms with E-state index >= 15 is 0 Å². The lowest BCUT2D eigenvalue weighted by molar-refractivity contribution is 0.348. The van der Waals surface area contributed by atoms with Gasteiger partial charge >= 0.3 is 0 Å². The van der Waals surface area contributed by atoms with Crippen LogP contribution in [0.3, 0.4) is 0 Å². The van der Waals surface area contributed by atoms with Crippen LogP contribution in [-0.2, 0) is 0 Å².